The van der Waals surface area contributed by atoms with E-state index in [9.17, 15) is 4.79 Å². The quantitative estimate of drug-likeness (QED) is 0.733. The minimum atomic E-state index is 0.237. The topological polar surface area (TPSA) is 53.6 Å². The first-order valence-corrected chi connectivity index (χ1v) is 8.35. The first-order chi connectivity index (χ1) is 11.8. The van der Waals surface area contributed by atoms with E-state index in [1.54, 1.807) is 0 Å². The molecule has 0 unspecified atom stereocenters. The summed E-state index contributed by atoms with van der Waals surface area (Å²) in [6.07, 6.45) is 1.64. The molecule has 1 amide bonds. The van der Waals surface area contributed by atoms with Crippen molar-refractivity contribution in [3.63, 3.8) is 0 Å². The number of carbonyl (C=O) groups is 1. The van der Waals surface area contributed by atoms with E-state index < -0.39 is 0 Å². The number of likely N-dealkylation sites (tertiary alicyclic amines) is 1. The van der Waals surface area contributed by atoms with Crippen molar-refractivity contribution >= 4 is 11.6 Å². The highest BCUT2D eigenvalue weighted by Gasteiger charge is 2.19. The van der Waals surface area contributed by atoms with Crippen molar-refractivity contribution in [2.75, 3.05) is 25.1 Å². The Morgan fingerprint density at radius 1 is 1.04 bits per heavy atom. The summed E-state index contributed by atoms with van der Waals surface area (Å²) in [5.41, 5.74) is 8.47. The number of hydrogen-bond acceptors (Lipinski definition) is 4. The lowest BCUT2D eigenvalue weighted by Gasteiger charge is -2.17. The lowest BCUT2D eigenvalue weighted by Crippen LogP contribution is -2.29. The Hall–Kier alpha value is -2.53. The summed E-state index contributed by atoms with van der Waals surface area (Å²) in [4.78, 5) is 13.5. The molecule has 2 aromatic carbocycles. The molecule has 1 aliphatic rings. The average molecular weight is 325 g/mol. The van der Waals surface area contributed by atoms with Gasteiger partial charge in [-0.1, -0.05) is 36.4 Å². The third-order valence-corrected chi connectivity index (χ3v) is 4.05. The van der Waals surface area contributed by atoms with Gasteiger partial charge in [-0.25, -0.2) is 5.43 Å². The number of anilines is 1. The maximum atomic E-state index is 11.6. The molecule has 3 rings (SSSR count). The highest BCUT2D eigenvalue weighted by molar-refractivity contribution is 5.78. The molecule has 1 fully saturated rings. The number of ether oxygens (including phenoxy) is 1. The smallest absolute Gasteiger partial charge is 0.222 e. The molecule has 0 aliphatic carbocycles. The van der Waals surface area contributed by atoms with Gasteiger partial charge < -0.3 is 15.1 Å². The molecule has 0 bridgehead atoms. The van der Waals surface area contributed by atoms with Gasteiger partial charge in [-0.2, -0.15) is 0 Å². The molecule has 5 heteroatoms. The number of amides is 1. The van der Waals surface area contributed by atoms with E-state index in [0.717, 1.165) is 30.0 Å². The summed E-state index contributed by atoms with van der Waals surface area (Å²) in [6.45, 7) is 2.68. The normalized spacial score (nSPS) is 14.0. The number of nitrogens with one attached hydrogen (secondary N) is 2. The van der Waals surface area contributed by atoms with Crippen LogP contribution in [0.4, 0.5) is 5.69 Å². The molecule has 1 aliphatic heterocycles. The molecule has 1 saturated heterocycles. The van der Waals surface area contributed by atoms with E-state index >= 15 is 0 Å². The SMILES string of the molecule is O=C1CCCN1CCOc1ccccc1CNNc1ccccc1. The van der Waals surface area contributed by atoms with E-state index in [0.29, 0.717) is 26.1 Å². The minimum absolute atomic E-state index is 0.237. The minimum Gasteiger partial charge on any atom is -0.491 e. The Morgan fingerprint density at radius 3 is 2.62 bits per heavy atom. The van der Waals surface area contributed by atoms with Crippen LogP contribution in [0.2, 0.25) is 0 Å². The van der Waals surface area contributed by atoms with Crippen molar-refractivity contribution in [2.24, 2.45) is 0 Å². The molecule has 0 saturated carbocycles. The summed E-state index contributed by atoms with van der Waals surface area (Å²) in [6, 6.07) is 17.9. The van der Waals surface area contributed by atoms with Crippen LogP contribution in [0.25, 0.3) is 0 Å². The second-order valence-electron chi connectivity index (χ2n) is 5.79. The second kappa shape index (κ2) is 8.36. The number of benzene rings is 2. The third-order valence-electron chi connectivity index (χ3n) is 4.05. The van der Waals surface area contributed by atoms with Crippen molar-refractivity contribution in [3.05, 3.63) is 60.2 Å². The Kier molecular flexibility index (Phi) is 5.69. The Morgan fingerprint density at radius 2 is 1.83 bits per heavy atom. The third kappa shape index (κ3) is 4.49. The molecule has 0 atom stereocenters. The molecular weight excluding hydrogens is 302 g/mol. The molecule has 0 radical (unpaired) electrons. The van der Waals surface area contributed by atoms with Crippen LogP contribution in [0.1, 0.15) is 18.4 Å². The molecule has 2 aromatic rings. The zero-order chi connectivity index (χ0) is 16.6. The van der Waals surface area contributed by atoms with Gasteiger partial charge in [-0.15, -0.1) is 0 Å². The fourth-order valence-corrected chi connectivity index (χ4v) is 2.76. The van der Waals surface area contributed by atoms with Crippen LogP contribution in [-0.4, -0.2) is 30.5 Å². The van der Waals surface area contributed by atoms with Crippen molar-refractivity contribution in [2.45, 2.75) is 19.4 Å². The predicted octanol–water partition coefficient (Wildman–Crippen LogP) is 2.80. The molecule has 1 heterocycles. The Bertz CT molecular complexity index is 661. The van der Waals surface area contributed by atoms with Crippen molar-refractivity contribution < 1.29 is 9.53 Å². The standard InChI is InChI=1S/C19H23N3O2/c23-19-11-6-12-22(19)13-14-24-18-10-5-4-7-16(18)15-20-21-17-8-2-1-3-9-17/h1-5,7-10,20-21H,6,11-15H2. The van der Waals surface area contributed by atoms with Crippen LogP contribution in [-0.2, 0) is 11.3 Å². The highest BCUT2D eigenvalue weighted by Crippen LogP contribution is 2.18. The second-order valence-corrected chi connectivity index (χ2v) is 5.79. The number of carbonyl (C=O) groups excluding carboxylic acids is 1. The van der Waals surface area contributed by atoms with E-state index in [-0.39, 0.29) is 5.91 Å². The van der Waals surface area contributed by atoms with Gasteiger partial charge in [0.25, 0.3) is 0 Å². The number of hydrazine groups is 1. The Labute approximate surface area is 142 Å². The molecule has 126 valence electrons. The van der Waals surface area contributed by atoms with E-state index in [1.807, 2.05) is 59.5 Å². The largest absolute Gasteiger partial charge is 0.491 e. The highest BCUT2D eigenvalue weighted by atomic mass is 16.5. The van der Waals surface area contributed by atoms with Gasteiger partial charge in [0.1, 0.15) is 12.4 Å². The van der Waals surface area contributed by atoms with Crippen LogP contribution in [0.3, 0.4) is 0 Å². The van der Waals surface area contributed by atoms with Gasteiger partial charge >= 0.3 is 0 Å². The van der Waals surface area contributed by atoms with Gasteiger partial charge in [0.05, 0.1) is 6.54 Å². The molecule has 2 N–H and O–H groups in total. The molecule has 0 aromatic heterocycles. The number of rotatable bonds is 8. The van der Waals surface area contributed by atoms with Gasteiger partial charge in [0, 0.05) is 30.8 Å². The van der Waals surface area contributed by atoms with Crippen LogP contribution in [0, 0.1) is 0 Å². The lowest BCUT2D eigenvalue weighted by molar-refractivity contribution is -0.128. The first-order valence-electron chi connectivity index (χ1n) is 8.35. The number of nitrogens with zero attached hydrogens (tertiary/aromatic N) is 1. The predicted molar refractivity (Wildman–Crippen MR) is 94.7 cm³/mol. The zero-order valence-electron chi connectivity index (χ0n) is 13.7. The summed E-state index contributed by atoms with van der Waals surface area (Å²) < 4.78 is 5.89. The molecule has 24 heavy (non-hydrogen) atoms. The zero-order valence-corrected chi connectivity index (χ0v) is 13.7. The monoisotopic (exact) mass is 325 g/mol. The molecule has 0 spiro atoms. The molecule has 5 nitrogen and oxygen atoms in total. The number of para-hydroxylation sites is 2. The maximum Gasteiger partial charge on any atom is 0.222 e. The van der Waals surface area contributed by atoms with Gasteiger partial charge in [-0.05, 0) is 24.6 Å². The van der Waals surface area contributed by atoms with Gasteiger partial charge in [0.15, 0.2) is 0 Å². The van der Waals surface area contributed by atoms with E-state index in [2.05, 4.69) is 10.9 Å². The fraction of sp³-hybridized carbons (Fsp3) is 0.316. The first kappa shape index (κ1) is 16.3. The van der Waals surface area contributed by atoms with Gasteiger partial charge in [-0.3, -0.25) is 4.79 Å². The lowest BCUT2D eigenvalue weighted by atomic mass is 10.2. The van der Waals surface area contributed by atoms with Crippen LogP contribution >= 0.6 is 0 Å². The fourth-order valence-electron chi connectivity index (χ4n) is 2.76. The van der Waals surface area contributed by atoms with Gasteiger partial charge in [0.2, 0.25) is 5.91 Å². The van der Waals surface area contributed by atoms with Crippen LogP contribution < -0.4 is 15.6 Å². The van der Waals surface area contributed by atoms with Crippen LogP contribution in [0.5, 0.6) is 5.75 Å². The van der Waals surface area contributed by atoms with Crippen molar-refractivity contribution in [1.29, 1.82) is 0 Å². The maximum absolute atomic E-state index is 11.6. The average Bonchev–Trinajstić information content (AvgIpc) is 3.02. The van der Waals surface area contributed by atoms with E-state index in [4.69, 9.17) is 4.74 Å². The molecular formula is C19H23N3O2. The summed E-state index contributed by atoms with van der Waals surface area (Å²) in [5, 5.41) is 0. The number of hydrogen-bond donors (Lipinski definition) is 2. The Balaban J connectivity index is 1.48. The summed E-state index contributed by atoms with van der Waals surface area (Å²) >= 11 is 0. The van der Waals surface area contributed by atoms with Crippen molar-refractivity contribution in [1.82, 2.24) is 10.3 Å². The summed E-state index contributed by atoms with van der Waals surface area (Å²) in [7, 11) is 0. The van der Waals surface area contributed by atoms with E-state index in [1.165, 1.54) is 0 Å². The van der Waals surface area contributed by atoms with Crippen molar-refractivity contribution in [3.8, 4) is 5.75 Å². The van der Waals surface area contributed by atoms with Crippen LogP contribution in [0.15, 0.2) is 54.6 Å². The summed E-state index contributed by atoms with van der Waals surface area (Å²) in [5.74, 6) is 1.09.